The summed E-state index contributed by atoms with van der Waals surface area (Å²) in [6.07, 6.45) is 0.418. The minimum Gasteiger partial charge on any atom is -0.479 e. The van der Waals surface area contributed by atoms with Crippen molar-refractivity contribution in [2.24, 2.45) is 0 Å². The molecule has 0 bridgehead atoms. The van der Waals surface area contributed by atoms with Gasteiger partial charge in [-0.1, -0.05) is 29.8 Å². The average Bonchev–Trinajstić information content (AvgIpc) is 3.24. The Morgan fingerprint density at radius 3 is 2.71 bits per heavy atom. The van der Waals surface area contributed by atoms with Gasteiger partial charge >= 0.3 is 0 Å². The molecule has 2 N–H and O–H groups in total. The monoisotopic (exact) mass is 443 g/mol. The average molecular weight is 444 g/mol. The third kappa shape index (κ3) is 4.28. The Labute approximate surface area is 181 Å². The van der Waals surface area contributed by atoms with E-state index < -0.39 is 22.2 Å². The maximum atomic E-state index is 13.3. The van der Waals surface area contributed by atoms with Crippen LogP contribution in [0, 0.1) is 6.92 Å². The molecule has 1 fully saturated rings. The van der Waals surface area contributed by atoms with Crippen LogP contribution in [0.1, 0.15) is 30.9 Å². The van der Waals surface area contributed by atoms with Crippen LogP contribution >= 0.6 is 0 Å². The van der Waals surface area contributed by atoms with Crippen molar-refractivity contribution in [3.05, 3.63) is 53.6 Å². The number of nitrogens with one attached hydrogen (secondary N) is 2. The van der Waals surface area contributed by atoms with E-state index in [4.69, 9.17) is 4.74 Å². The number of fused-ring (bicyclic) bond motifs is 1. The molecule has 2 aliphatic rings. The second-order valence-electron chi connectivity index (χ2n) is 7.88. The highest BCUT2D eigenvalue weighted by atomic mass is 32.2. The molecule has 0 radical (unpaired) electrons. The summed E-state index contributed by atoms with van der Waals surface area (Å²) in [5.74, 6) is -0.235. The Morgan fingerprint density at radius 1 is 1.23 bits per heavy atom. The van der Waals surface area contributed by atoms with Gasteiger partial charge in [-0.25, -0.2) is 8.42 Å². The second-order valence-corrected chi connectivity index (χ2v) is 9.78. The molecule has 9 heteroatoms. The van der Waals surface area contributed by atoms with Gasteiger partial charge < -0.3 is 15.4 Å². The number of benzene rings is 2. The van der Waals surface area contributed by atoms with Crippen LogP contribution in [0.4, 0.5) is 5.69 Å². The van der Waals surface area contributed by atoms with Gasteiger partial charge in [-0.05, 0) is 50.5 Å². The molecule has 2 atom stereocenters. The number of hydrogen-bond acceptors (Lipinski definition) is 5. The van der Waals surface area contributed by atoms with Gasteiger partial charge in [0.05, 0.1) is 10.6 Å². The van der Waals surface area contributed by atoms with Crippen molar-refractivity contribution in [3.63, 3.8) is 0 Å². The number of ether oxygens (including phenoxy) is 1. The third-order valence-corrected chi connectivity index (χ3v) is 7.49. The van der Waals surface area contributed by atoms with Crippen LogP contribution in [-0.2, 0) is 26.2 Å². The fraction of sp³-hybridized carbons (Fsp3) is 0.364. The Balaban J connectivity index is 1.51. The zero-order valence-corrected chi connectivity index (χ0v) is 18.2. The van der Waals surface area contributed by atoms with E-state index in [9.17, 15) is 18.0 Å². The first kappa shape index (κ1) is 21.3. The lowest BCUT2D eigenvalue weighted by Crippen LogP contribution is -2.45. The molecule has 0 spiro atoms. The highest BCUT2D eigenvalue weighted by Gasteiger charge is 2.40. The summed E-state index contributed by atoms with van der Waals surface area (Å²) in [6, 6.07) is 11.4. The van der Waals surface area contributed by atoms with Gasteiger partial charge in [0.15, 0.2) is 6.10 Å². The number of sulfonamides is 1. The van der Waals surface area contributed by atoms with Crippen molar-refractivity contribution in [1.82, 2.24) is 9.62 Å². The van der Waals surface area contributed by atoms with E-state index in [-0.39, 0.29) is 23.3 Å². The highest BCUT2D eigenvalue weighted by molar-refractivity contribution is 7.89. The molecule has 2 aliphatic heterocycles. The number of anilines is 1. The summed E-state index contributed by atoms with van der Waals surface area (Å²) in [5.41, 5.74) is 2.39. The van der Waals surface area contributed by atoms with Gasteiger partial charge in [-0.15, -0.1) is 0 Å². The number of aryl methyl sites for hydroxylation is 1. The summed E-state index contributed by atoms with van der Waals surface area (Å²) in [6.45, 7) is 4.21. The summed E-state index contributed by atoms with van der Waals surface area (Å²) < 4.78 is 33.3. The number of hydrogen-bond donors (Lipinski definition) is 2. The van der Waals surface area contributed by atoms with Crippen molar-refractivity contribution >= 4 is 27.5 Å². The fourth-order valence-electron chi connectivity index (χ4n) is 3.79. The molecule has 2 aromatic carbocycles. The molecule has 0 aromatic heterocycles. The fourth-order valence-corrected chi connectivity index (χ4v) is 5.47. The lowest BCUT2D eigenvalue weighted by molar-refractivity contribution is -0.124. The van der Waals surface area contributed by atoms with Crippen LogP contribution in [0.2, 0.25) is 0 Å². The van der Waals surface area contributed by atoms with E-state index in [0.29, 0.717) is 30.8 Å². The molecule has 0 unspecified atom stereocenters. The predicted octanol–water partition coefficient (Wildman–Crippen LogP) is 2.18. The first-order chi connectivity index (χ1) is 14.8. The Morgan fingerprint density at radius 2 is 1.97 bits per heavy atom. The van der Waals surface area contributed by atoms with E-state index in [2.05, 4.69) is 10.6 Å². The minimum absolute atomic E-state index is 0.0166. The maximum Gasteiger partial charge on any atom is 0.265 e. The molecule has 0 aliphatic carbocycles. The van der Waals surface area contributed by atoms with Gasteiger partial charge in [0, 0.05) is 13.1 Å². The first-order valence-electron chi connectivity index (χ1n) is 10.2. The largest absolute Gasteiger partial charge is 0.479 e. The van der Waals surface area contributed by atoms with E-state index in [1.54, 1.807) is 6.92 Å². The highest BCUT2D eigenvalue weighted by Crippen LogP contribution is 2.34. The van der Waals surface area contributed by atoms with Crippen molar-refractivity contribution in [2.45, 2.75) is 50.3 Å². The Kier molecular flexibility index (Phi) is 5.72. The van der Waals surface area contributed by atoms with Gasteiger partial charge in [-0.2, -0.15) is 4.31 Å². The summed E-state index contributed by atoms with van der Waals surface area (Å²) in [7, 11) is -3.92. The number of carbonyl (C=O) groups excluding carboxylic acids is 2. The van der Waals surface area contributed by atoms with Crippen LogP contribution in [-0.4, -0.2) is 43.2 Å². The number of carbonyl (C=O) groups is 2. The predicted molar refractivity (Wildman–Crippen MR) is 115 cm³/mol. The molecule has 2 amide bonds. The van der Waals surface area contributed by atoms with Crippen LogP contribution in [0.15, 0.2) is 47.4 Å². The summed E-state index contributed by atoms with van der Waals surface area (Å²) >= 11 is 0. The molecular weight excluding hydrogens is 418 g/mol. The molecular formula is C22H25N3O5S. The lowest BCUT2D eigenvalue weighted by Gasteiger charge is -2.26. The van der Waals surface area contributed by atoms with Crippen LogP contribution in [0.5, 0.6) is 5.75 Å². The molecule has 0 saturated carbocycles. The van der Waals surface area contributed by atoms with Gasteiger partial charge in [0.25, 0.3) is 5.91 Å². The molecule has 31 heavy (non-hydrogen) atoms. The number of rotatable bonds is 5. The Bertz CT molecular complexity index is 1110. The molecule has 164 valence electrons. The van der Waals surface area contributed by atoms with Gasteiger partial charge in [-0.3, -0.25) is 9.59 Å². The maximum absolute atomic E-state index is 13.3. The number of nitrogens with zero attached hydrogens (tertiary/aromatic N) is 1. The molecule has 2 heterocycles. The second kappa shape index (κ2) is 8.32. The van der Waals surface area contributed by atoms with Gasteiger partial charge in [0.1, 0.15) is 11.8 Å². The zero-order chi connectivity index (χ0) is 22.2. The van der Waals surface area contributed by atoms with Crippen molar-refractivity contribution in [3.8, 4) is 5.75 Å². The SMILES string of the molecule is Cc1ccc(CNC(=O)[C@H]2CCCN2S(=O)(=O)c2ccc3c(c2)NC(=O)[C@@H](C)O3)cc1. The molecule has 2 aromatic rings. The van der Waals surface area contributed by atoms with Crippen LogP contribution < -0.4 is 15.4 Å². The van der Waals surface area contributed by atoms with Crippen molar-refractivity contribution < 1.29 is 22.7 Å². The smallest absolute Gasteiger partial charge is 0.265 e. The standard InChI is InChI=1S/C22H25N3O5S/c1-14-5-7-16(8-6-14)13-23-22(27)19-4-3-11-25(19)31(28,29)17-9-10-20-18(12-17)24-21(26)15(2)30-20/h5-10,12,15,19H,3-4,11,13H2,1-2H3,(H,23,27)(H,24,26)/t15-,19-/m1/s1. The van der Waals surface area contributed by atoms with Gasteiger partial charge in [0.2, 0.25) is 15.9 Å². The van der Waals surface area contributed by atoms with E-state index in [0.717, 1.165) is 11.1 Å². The Hall–Kier alpha value is -2.91. The van der Waals surface area contributed by atoms with Crippen LogP contribution in [0.3, 0.4) is 0 Å². The van der Waals surface area contributed by atoms with Crippen LogP contribution in [0.25, 0.3) is 0 Å². The first-order valence-corrected chi connectivity index (χ1v) is 11.7. The molecule has 8 nitrogen and oxygen atoms in total. The normalized spacial score (nSPS) is 21.2. The summed E-state index contributed by atoms with van der Waals surface area (Å²) in [4.78, 5) is 24.7. The van der Waals surface area contributed by atoms with E-state index in [1.807, 2.05) is 31.2 Å². The summed E-state index contributed by atoms with van der Waals surface area (Å²) in [5, 5.41) is 5.52. The molecule has 1 saturated heterocycles. The number of amides is 2. The van der Waals surface area contributed by atoms with E-state index in [1.165, 1.54) is 22.5 Å². The minimum atomic E-state index is -3.92. The quantitative estimate of drug-likeness (QED) is 0.737. The van der Waals surface area contributed by atoms with Crippen molar-refractivity contribution in [1.29, 1.82) is 0 Å². The van der Waals surface area contributed by atoms with Crippen molar-refractivity contribution in [2.75, 3.05) is 11.9 Å². The topological polar surface area (TPSA) is 105 Å². The molecule has 4 rings (SSSR count). The third-order valence-electron chi connectivity index (χ3n) is 5.58. The zero-order valence-electron chi connectivity index (χ0n) is 17.4. The van der Waals surface area contributed by atoms with E-state index >= 15 is 0 Å². The lowest BCUT2D eigenvalue weighted by atomic mass is 10.1.